The number of likely N-dealkylation sites (tertiary alicyclic amines) is 1. The zero-order valence-corrected chi connectivity index (χ0v) is 33.1. The van der Waals surface area contributed by atoms with Crippen LogP contribution in [0, 0.1) is 26.7 Å². The third-order valence-electron chi connectivity index (χ3n) is 6.04. The summed E-state index contributed by atoms with van der Waals surface area (Å²) in [6.45, 7) is 28.1. The maximum absolute atomic E-state index is 11.5. The standard InChI is InChI=1S/C11H18NO4.2C10H19O2.2C2H6.W/c1-4-5-15-11(14)12-6-8(2)10(7-12)16-9(3)13;2*1-3-4-5-6-7-8-9-12-10(2)11;2*1-2;/h8,10H,3-7H2,1-2H3;2*2-9H2,1H3;2*1-2H3;/q3*-1;;;. The number of unbranched alkanes of at least 4 members (excludes halogenated alkanes) is 10. The molecule has 45 heavy (non-hydrogen) atoms. The molecule has 0 radical (unpaired) electrons. The molecule has 1 heterocycles. The molecule has 10 heteroatoms. The molecule has 1 saturated heterocycles. The minimum Gasteiger partial charge on any atom is -0.488 e. The van der Waals surface area contributed by atoms with E-state index in [1.165, 1.54) is 51.4 Å². The number of carbonyl (C=O) groups is 4. The number of hydrogen-bond donors (Lipinski definition) is 0. The summed E-state index contributed by atoms with van der Waals surface area (Å²) in [5.41, 5.74) is 0. The van der Waals surface area contributed by atoms with Crippen molar-refractivity contribution in [2.24, 2.45) is 5.92 Å². The fourth-order valence-electron chi connectivity index (χ4n) is 3.83. The Morgan fingerprint density at radius 1 is 0.578 bits per heavy atom. The van der Waals surface area contributed by atoms with Crippen LogP contribution < -0.4 is 0 Å². The number of carbonyl (C=O) groups excluding carboxylic acids is 4. The Kier molecular flexibility index (Phi) is 49.0. The summed E-state index contributed by atoms with van der Waals surface area (Å²) in [7, 11) is 0. The number of hydrogen-bond acceptors (Lipinski definition) is 8. The molecule has 0 aromatic heterocycles. The first-order valence-electron chi connectivity index (χ1n) is 17.0. The van der Waals surface area contributed by atoms with E-state index in [9.17, 15) is 19.2 Å². The Hall–Kier alpha value is -2.02. The normalized spacial score (nSPS) is 14.1. The van der Waals surface area contributed by atoms with Crippen molar-refractivity contribution in [3.05, 3.63) is 20.8 Å². The molecular formula is C35H68NO8W-3. The molecule has 1 aliphatic rings. The van der Waals surface area contributed by atoms with Gasteiger partial charge in [-0.15, -0.1) is 0 Å². The van der Waals surface area contributed by atoms with Crippen LogP contribution in [0.2, 0.25) is 0 Å². The molecule has 0 aromatic rings. The van der Waals surface area contributed by atoms with Gasteiger partial charge in [0.05, 0.1) is 26.4 Å². The molecule has 0 aromatic carbocycles. The topological polar surface area (TPSA) is 108 Å². The number of amides is 1. The molecule has 270 valence electrons. The molecule has 0 saturated carbocycles. The van der Waals surface area contributed by atoms with Crippen LogP contribution in [0.4, 0.5) is 4.79 Å². The maximum Gasteiger partial charge on any atom is 0.409 e. The average molecular weight is 815 g/mol. The number of nitrogens with zero attached hydrogens (tertiary/aromatic N) is 1. The third-order valence-corrected chi connectivity index (χ3v) is 6.04. The van der Waals surface area contributed by atoms with Crippen molar-refractivity contribution in [1.82, 2.24) is 4.90 Å². The molecule has 0 aliphatic carbocycles. The van der Waals surface area contributed by atoms with E-state index in [0.29, 0.717) is 32.9 Å². The summed E-state index contributed by atoms with van der Waals surface area (Å²) >= 11 is 0. The number of esters is 3. The summed E-state index contributed by atoms with van der Waals surface area (Å²) in [5, 5.41) is 0. The second-order valence-corrected chi connectivity index (χ2v) is 10.0. The van der Waals surface area contributed by atoms with Crippen molar-refractivity contribution >= 4 is 24.0 Å². The van der Waals surface area contributed by atoms with Gasteiger partial charge < -0.3 is 23.8 Å². The van der Waals surface area contributed by atoms with Gasteiger partial charge in [0.2, 0.25) is 0 Å². The average Bonchev–Trinajstić information content (AvgIpc) is 3.36. The number of rotatable bonds is 17. The Balaban J connectivity index is -0.000000169. The van der Waals surface area contributed by atoms with Crippen LogP contribution in [0.25, 0.3) is 0 Å². The Labute approximate surface area is 291 Å². The fourth-order valence-corrected chi connectivity index (χ4v) is 3.83. The minimum atomic E-state index is -0.555. The van der Waals surface area contributed by atoms with Crippen LogP contribution in [0.15, 0.2) is 0 Å². The zero-order chi connectivity index (χ0) is 34.6. The summed E-state index contributed by atoms with van der Waals surface area (Å²) in [6, 6.07) is 0. The second-order valence-electron chi connectivity index (χ2n) is 10.0. The van der Waals surface area contributed by atoms with Gasteiger partial charge >= 0.3 is 6.09 Å². The minimum absolute atomic E-state index is 0. The van der Waals surface area contributed by atoms with E-state index in [-0.39, 0.29) is 39.2 Å². The van der Waals surface area contributed by atoms with Crippen molar-refractivity contribution in [1.29, 1.82) is 0 Å². The van der Waals surface area contributed by atoms with E-state index in [2.05, 4.69) is 34.6 Å². The van der Waals surface area contributed by atoms with Crippen LogP contribution in [-0.2, 0) is 54.4 Å². The Morgan fingerprint density at radius 3 is 1.33 bits per heavy atom. The molecule has 1 amide bonds. The molecule has 2 unspecified atom stereocenters. The van der Waals surface area contributed by atoms with E-state index < -0.39 is 17.9 Å². The van der Waals surface area contributed by atoms with Gasteiger partial charge in [-0.1, -0.05) is 120 Å². The molecule has 1 aliphatic heterocycles. The van der Waals surface area contributed by atoms with Crippen LogP contribution in [0.5, 0.6) is 0 Å². The molecule has 1 rings (SSSR count). The van der Waals surface area contributed by atoms with E-state index >= 15 is 0 Å². The molecule has 9 nitrogen and oxygen atoms in total. The molecule has 0 N–H and O–H groups in total. The van der Waals surface area contributed by atoms with Crippen molar-refractivity contribution < 1.29 is 59.2 Å². The largest absolute Gasteiger partial charge is 0.488 e. The van der Waals surface area contributed by atoms with E-state index in [1.807, 2.05) is 41.5 Å². The van der Waals surface area contributed by atoms with Crippen molar-refractivity contribution in [3.63, 3.8) is 0 Å². The SMILES string of the molecule is CC.CC.[CH2-]C(=O)OC1CN(C(=O)OCCC)CC1C.[CH2-]C(=O)OCCCCCCCC.[CH2-]C(=O)OCCCCCCCC.[W]. The van der Waals surface area contributed by atoms with Crippen molar-refractivity contribution in [2.45, 2.75) is 145 Å². The van der Waals surface area contributed by atoms with Gasteiger partial charge in [0.1, 0.15) is 6.10 Å². The zero-order valence-electron chi connectivity index (χ0n) is 30.1. The van der Waals surface area contributed by atoms with Gasteiger partial charge in [-0.3, -0.25) is 35.2 Å². The van der Waals surface area contributed by atoms with Gasteiger partial charge in [0.15, 0.2) is 17.9 Å². The third kappa shape index (κ3) is 42.0. The van der Waals surface area contributed by atoms with E-state index in [1.54, 1.807) is 4.90 Å². The van der Waals surface area contributed by atoms with Crippen molar-refractivity contribution in [3.8, 4) is 0 Å². The smallest absolute Gasteiger partial charge is 0.409 e. The van der Waals surface area contributed by atoms with Crippen LogP contribution in [0.1, 0.15) is 139 Å². The first-order valence-corrected chi connectivity index (χ1v) is 17.0. The number of ether oxygens (including phenoxy) is 4. The van der Waals surface area contributed by atoms with Gasteiger partial charge in [-0.05, 0) is 19.3 Å². The monoisotopic (exact) mass is 814 g/mol. The molecule has 2 atom stereocenters. The molecule has 1 fully saturated rings. The van der Waals surface area contributed by atoms with E-state index in [0.717, 1.165) is 32.1 Å². The fraction of sp³-hybridized carbons (Fsp3) is 0.800. The molecule has 0 spiro atoms. The summed E-state index contributed by atoms with van der Waals surface area (Å²) < 4.78 is 19.4. The van der Waals surface area contributed by atoms with Crippen LogP contribution in [0.3, 0.4) is 0 Å². The Morgan fingerprint density at radius 2 is 0.978 bits per heavy atom. The van der Waals surface area contributed by atoms with Crippen LogP contribution in [-0.4, -0.2) is 67.9 Å². The second kappa shape index (κ2) is 42.0. The predicted molar refractivity (Wildman–Crippen MR) is 180 cm³/mol. The van der Waals surface area contributed by atoms with Crippen LogP contribution >= 0.6 is 0 Å². The Bertz CT molecular complexity index is 636. The van der Waals surface area contributed by atoms with Crippen molar-refractivity contribution in [2.75, 3.05) is 32.9 Å². The first kappa shape index (κ1) is 52.5. The van der Waals surface area contributed by atoms with Gasteiger partial charge in [0.25, 0.3) is 0 Å². The van der Waals surface area contributed by atoms with Gasteiger partial charge in [-0.25, -0.2) is 4.79 Å². The first-order chi connectivity index (χ1) is 21.1. The van der Waals surface area contributed by atoms with Gasteiger partial charge in [-0.2, -0.15) is 0 Å². The summed E-state index contributed by atoms with van der Waals surface area (Å²) in [5.74, 6) is -1.26. The van der Waals surface area contributed by atoms with Gasteiger partial charge in [0, 0.05) is 33.5 Å². The summed E-state index contributed by atoms with van der Waals surface area (Å²) in [4.78, 5) is 44.3. The quantitative estimate of drug-likeness (QED) is 0.0622. The van der Waals surface area contributed by atoms with E-state index in [4.69, 9.17) is 18.9 Å². The molecule has 0 bridgehead atoms. The predicted octanol–water partition coefficient (Wildman–Crippen LogP) is 8.73. The summed E-state index contributed by atoms with van der Waals surface area (Å²) in [6.07, 6.45) is 14.7. The molecular weight excluding hydrogens is 746 g/mol. The maximum atomic E-state index is 11.5.